The quantitative estimate of drug-likeness (QED) is 0.744. The molecular weight excluding hydrogens is 224 g/mol. The summed E-state index contributed by atoms with van der Waals surface area (Å²) in [4.78, 5) is 16.6. The number of Topliss-reactive ketones (excluding diaryl/α,β-unsaturated/α-hetero) is 1. The van der Waals surface area contributed by atoms with Crippen molar-refractivity contribution < 1.29 is 4.79 Å². The van der Waals surface area contributed by atoms with Gasteiger partial charge in [-0.1, -0.05) is 27.7 Å². The fourth-order valence-corrected chi connectivity index (χ4v) is 1.86. The number of nitrogens with one attached hydrogen (secondary N) is 1. The number of hydrogen-bond donors (Lipinski definition) is 1. The predicted molar refractivity (Wildman–Crippen MR) is 76.0 cm³/mol. The van der Waals surface area contributed by atoms with Crippen LogP contribution in [0.15, 0.2) is 18.3 Å². The van der Waals surface area contributed by atoms with Crippen LogP contribution in [0.1, 0.15) is 57.3 Å². The van der Waals surface area contributed by atoms with E-state index in [0.717, 1.165) is 30.6 Å². The van der Waals surface area contributed by atoms with E-state index in [4.69, 9.17) is 0 Å². The number of rotatable bonds is 7. The zero-order valence-electron chi connectivity index (χ0n) is 11.9. The molecule has 1 aromatic heterocycles. The molecule has 0 aliphatic rings. The molecule has 0 aromatic carbocycles. The summed E-state index contributed by atoms with van der Waals surface area (Å²) in [6.07, 6.45) is 4.66. The van der Waals surface area contributed by atoms with Gasteiger partial charge in [0.2, 0.25) is 0 Å². The van der Waals surface area contributed by atoms with Crippen molar-refractivity contribution in [3.63, 3.8) is 0 Å². The monoisotopic (exact) mass is 248 g/mol. The van der Waals surface area contributed by atoms with E-state index < -0.39 is 0 Å². The lowest BCUT2D eigenvalue weighted by atomic mass is 9.97. The molecule has 0 spiro atoms. The van der Waals surface area contributed by atoms with E-state index in [1.54, 1.807) is 6.20 Å². The number of nitrogens with zero attached hydrogens (tertiary/aromatic N) is 1. The molecule has 0 fully saturated rings. The fraction of sp³-hybridized carbons (Fsp3) is 0.600. The highest BCUT2D eigenvalue weighted by Gasteiger charge is 2.18. The van der Waals surface area contributed by atoms with Crippen LogP contribution in [0.25, 0.3) is 0 Å². The van der Waals surface area contributed by atoms with Crippen LogP contribution in [0.3, 0.4) is 0 Å². The van der Waals surface area contributed by atoms with Crippen molar-refractivity contribution in [2.75, 3.05) is 5.32 Å². The number of hydrogen-bond acceptors (Lipinski definition) is 3. The molecule has 3 heteroatoms. The van der Waals surface area contributed by atoms with Crippen LogP contribution in [0.5, 0.6) is 0 Å². The van der Waals surface area contributed by atoms with Gasteiger partial charge in [0.15, 0.2) is 5.78 Å². The Hall–Kier alpha value is -1.38. The SMILES string of the molecule is CCC(CC)Nc1ncccc1C(=O)C(C)CC. The highest BCUT2D eigenvalue weighted by atomic mass is 16.1. The van der Waals surface area contributed by atoms with E-state index >= 15 is 0 Å². The molecule has 1 atom stereocenters. The third kappa shape index (κ3) is 3.56. The Labute approximate surface area is 110 Å². The predicted octanol–water partition coefficient (Wildman–Crippen LogP) is 3.91. The van der Waals surface area contributed by atoms with Crippen molar-refractivity contribution in [2.45, 2.75) is 53.0 Å². The first kappa shape index (κ1) is 14.7. The van der Waals surface area contributed by atoms with Crippen LogP contribution in [-0.4, -0.2) is 16.8 Å². The van der Waals surface area contributed by atoms with Gasteiger partial charge in [-0.2, -0.15) is 0 Å². The maximum atomic E-state index is 12.3. The van der Waals surface area contributed by atoms with Crippen molar-refractivity contribution in [2.24, 2.45) is 5.92 Å². The van der Waals surface area contributed by atoms with Gasteiger partial charge in [0.25, 0.3) is 0 Å². The summed E-state index contributed by atoms with van der Waals surface area (Å²) in [7, 11) is 0. The molecule has 0 bridgehead atoms. The van der Waals surface area contributed by atoms with Gasteiger partial charge < -0.3 is 5.32 Å². The molecule has 0 saturated carbocycles. The minimum absolute atomic E-state index is 0.0523. The number of carbonyl (C=O) groups excluding carboxylic acids is 1. The van der Waals surface area contributed by atoms with Crippen molar-refractivity contribution in [1.29, 1.82) is 0 Å². The zero-order chi connectivity index (χ0) is 13.5. The van der Waals surface area contributed by atoms with Crippen LogP contribution < -0.4 is 5.32 Å². The van der Waals surface area contributed by atoms with Crippen molar-refractivity contribution in [1.82, 2.24) is 4.98 Å². The third-order valence-corrected chi connectivity index (χ3v) is 3.46. The average molecular weight is 248 g/mol. The van der Waals surface area contributed by atoms with Gasteiger partial charge in [0.05, 0.1) is 5.56 Å². The minimum Gasteiger partial charge on any atom is -0.367 e. The summed E-state index contributed by atoms with van der Waals surface area (Å²) in [5.74, 6) is 0.965. The van der Waals surface area contributed by atoms with E-state index in [-0.39, 0.29) is 11.7 Å². The van der Waals surface area contributed by atoms with Crippen molar-refractivity contribution in [3.05, 3.63) is 23.9 Å². The molecule has 1 heterocycles. The van der Waals surface area contributed by atoms with Crippen LogP contribution >= 0.6 is 0 Å². The molecule has 0 aliphatic heterocycles. The molecule has 0 amide bonds. The van der Waals surface area contributed by atoms with E-state index in [1.807, 2.05) is 26.0 Å². The smallest absolute Gasteiger partial charge is 0.169 e. The highest BCUT2D eigenvalue weighted by Crippen LogP contribution is 2.19. The molecule has 3 nitrogen and oxygen atoms in total. The topological polar surface area (TPSA) is 42.0 Å². The van der Waals surface area contributed by atoms with Crippen LogP contribution in [0.2, 0.25) is 0 Å². The second-order valence-corrected chi connectivity index (χ2v) is 4.73. The lowest BCUT2D eigenvalue weighted by molar-refractivity contribution is 0.0927. The van der Waals surface area contributed by atoms with Crippen LogP contribution in [0, 0.1) is 5.92 Å². The lowest BCUT2D eigenvalue weighted by Crippen LogP contribution is -2.21. The van der Waals surface area contributed by atoms with Crippen molar-refractivity contribution >= 4 is 11.6 Å². The molecule has 100 valence electrons. The maximum Gasteiger partial charge on any atom is 0.169 e. The minimum atomic E-state index is 0.0523. The highest BCUT2D eigenvalue weighted by molar-refractivity contribution is 6.01. The van der Waals surface area contributed by atoms with E-state index in [2.05, 4.69) is 24.1 Å². The number of anilines is 1. The Balaban J connectivity index is 2.95. The zero-order valence-corrected chi connectivity index (χ0v) is 11.9. The first-order valence-electron chi connectivity index (χ1n) is 6.89. The van der Waals surface area contributed by atoms with Crippen LogP contribution in [0.4, 0.5) is 5.82 Å². The third-order valence-electron chi connectivity index (χ3n) is 3.46. The Morgan fingerprint density at radius 2 is 1.94 bits per heavy atom. The molecule has 1 unspecified atom stereocenters. The normalized spacial score (nSPS) is 12.5. The number of ketones is 1. The fourth-order valence-electron chi connectivity index (χ4n) is 1.86. The van der Waals surface area contributed by atoms with Crippen molar-refractivity contribution in [3.8, 4) is 0 Å². The van der Waals surface area contributed by atoms with Gasteiger partial charge in [-0.3, -0.25) is 4.79 Å². The van der Waals surface area contributed by atoms with Gasteiger partial charge >= 0.3 is 0 Å². The molecule has 0 aliphatic carbocycles. The number of aromatic nitrogens is 1. The van der Waals surface area contributed by atoms with E-state index in [0.29, 0.717) is 6.04 Å². The van der Waals surface area contributed by atoms with Gasteiger partial charge in [0, 0.05) is 18.2 Å². The standard InChI is InChI=1S/C15H24N2O/c1-5-11(4)14(18)13-9-8-10-16-15(13)17-12(6-2)7-3/h8-12H,5-7H2,1-4H3,(H,16,17). The maximum absolute atomic E-state index is 12.3. The first-order valence-corrected chi connectivity index (χ1v) is 6.89. The Kier molecular flexibility index (Phi) is 5.83. The van der Waals surface area contributed by atoms with Gasteiger partial charge in [-0.15, -0.1) is 0 Å². The average Bonchev–Trinajstić information content (AvgIpc) is 2.43. The Bertz CT molecular complexity index is 386. The van der Waals surface area contributed by atoms with Gasteiger partial charge in [-0.25, -0.2) is 4.98 Å². The summed E-state index contributed by atoms with van der Waals surface area (Å²) in [5.41, 5.74) is 0.721. The van der Waals surface area contributed by atoms with E-state index in [1.165, 1.54) is 0 Å². The molecule has 1 N–H and O–H groups in total. The van der Waals surface area contributed by atoms with E-state index in [9.17, 15) is 4.79 Å². The summed E-state index contributed by atoms with van der Waals surface area (Å²) in [6, 6.07) is 4.07. The second-order valence-electron chi connectivity index (χ2n) is 4.73. The second kappa shape index (κ2) is 7.14. The summed E-state index contributed by atoms with van der Waals surface area (Å²) in [5, 5.41) is 3.37. The van der Waals surface area contributed by atoms with Gasteiger partial charge in [-0.05, 0) is 31.4 Å². The Morgan fingerprint density at radius 3 is 2.50 bits per heavy atom. The largest absolute Gasteiger partial charge is 0.367 e. The number of carbonyl (C=O) groups is 1. The lowest BCUT2D eigenvalue weighted by Gasteiger charge is -2.18. The van der Waals surface area contributed by atoms with Crippen LogP contribution in [-0.2, 0) is 0 Å². The molecule has 18 heavy (non-hydrogen) atoms. The summed E-state index contributed by atoms with van der Waals surface area (Å²) in [6.45, 7) is 8.28. The summed E-state index contributed by atoms with van der Waals surface area (Å²) < 4.78 is 0. The Morgan fingerprint density at radius 1 is 1.28 bits per heavy atom. The molecule has 1 aromatic rings. The molecular formula is C15H24N2O. The molecule has 0 saturated heterocycles. The molecule has 0 radical (unpaired) electrons. The number of pyridine rings is 1. The first-order chi connectivity index (χ1) is 8.63. The summed E-state index contributed by atoms with van der Waals surface area (Å²) >= 11 is 0. The van der Waals surface area contributed by atoms with Gasteiger partial charge in [0.1, 0.15) is 5.82 Å². The molecule has 1 rings (SSSR count).